The highest BCUT2D eigenvalue weighted by Crippen LogP contribution is 2.15. The first-order chi connectivity index (χ1) is 10.1. The van der Waals surface area contributed by atoms with Gasteiger partial charge in [-0.2, -0.15) is 0 Å². The third kappa shape index (κ3) is 6.40. The van der Waals surface area contributed by atoms with E-state index in [9.17, 15) is 4.79 Å². The number of carbonyl (C=O) groups is 1. The number of likely N-dealkylation sites (N-methyl/N-ethyl adjacent to an activating group) is 1. The van der Waals surface area contributed by atoms with Crippen molar-refractivity contribution in [3.8, 4) is 0 Å². The number of ether oxygens (including phenoxy) is 1. The Hall–Kier alpha value is -1.19. The van der Waals surface area contributed by atoms with Gasteiger partial charge in [0, 0.05) is 32.0 Å². The van der Waals surface area contributed by atoms with E-state index in [0.717, 1.165) is 38.3 Å². The molecule has 0 aromatic heterocycles. The van der Waals surface area contributed by atoms with Gasteiger partial charge in [-0.05, 0) is 31.5 Å². The van der Waals surface area contributed by atoms with Gasteiger partial charge in [-0.1, -0.05) is 38.1 Å². The van der Waals surface area contributed by atoms with Gasteiger partial charge in [-0.3, -0.25) is 9.69 Å². The summed E-state index contributed by atoms with van der Waals surface area (Å²) in [7, 11) is 2.09. The Kier molecular flexibility index (Phi) is 8.24. The second kappa shape index (κ2) is 9.69. The molecule has 0 aliphatic rings. The van der Waals surface area contributed by atoms with Crippen LogP contribution in [0.1, 0.15) is 38.3 Å². The van der Waals surface area contributed by atoms with Crippen molar-refractivity contribution in [3.63, 3.8) is 0 Å². The van der Waals surface area contributed by atoms with Crippen molar-refractivity contribution in [1.29, 1.82) is 0 Å². The van der Waals surface area contributed by atoms with Gasteiger partial charge in [0.1, 0.15) is 5.78 Å². The van der Waals surface area contributed by atoms with Crippen LogP contribution >= 0.6 is 0 Å². The molecular formula is C18H29NO2. The number of carbonyl (C=O) groups excluding carboxylic acids is 1. The largest absolute Gasteiger partial charge is 0.380 e. The summed E-state index contributed by atoms with van der Waals surface area (Å²) in [6, 6.07) is 8.26. The standard InChI is InChI=1S/C18H29NO2/c1-5-15(3)18(20)13-16-9-7-8-10-17(16)14-19(4)11-12-21-6-2/h7-10,15H,5-6,11-14H2,1-4H3. The molecule has 1 aromatic rings. The van der Waals surface area contributed by atoms with Crippen molar-refractivity contribution in [2.75, 3.05) is 26.8 Å². The summed E-state index contributed by atoms with van der Waals surface area (Å²) in [4.78, 5) is 14.4. The van der Waals surface area contributed by atoms with Gasteiger partial charge < -0.3 is 4.74 Å². The van der Waals surface area contributed by atoms with Crippen LogP contribution in [0.25, 0.3) is 0 Å². The van der Waals surface area contributed by atoms with Gasteiger partial charge in [-0.25, -0.2) is 0 Å². The number of nitrogens with zero attached hydrogens (tertiary/aromatic N) is 1. The minimum Gasteiger partial charge on any atom is -0.380 e. The molecule has 0 aliphatic carbocycles. The van der Waals surface area contributed by atoms with Crippen LogP contribution in [0.5, 0.6) is 0 Å². The van der Waals surface area contributed by atoms with Crippen molar-refractivity contribution >= 4 is 5.78 Å². The van der Waals surface area contributed by atoms with Crippen LogP contribution in [0.3, 0.4) is 0 Å². The average molecular weight is 291 g/mol. The number of rotatable bonds is 10. The van der Waals surface area contributed by atoms with Gasteiger partial charge in [-0.15, -0.1) is 0 Å². The van der Waals surface area contributed by atoms with Crippen molar-refractivity contribution in [3.05, 3.63) is 35.4 Å². The van der Waals surface area contributed by atoms with Gasteiger partial charge in [0.15, 0.2) is 0 Å². The SMILES string of the molecule is CCOCCN(C)Cc1ccccc1CC(=O)C(C)CC. The maximum absolute atomic E-state index is 12.2. The van der Waals surface area contributed by atoms with E-state index in [-0.39, 0.29) is 5.92 Å². The molecule has 0 bridgehead atoms. The van der Waals surface area contributed by atoms with Crippen molar-refractivity contribution < 1.29 is 9.53 Å². The minimum atomic E-state index is 0.147. The molecule has 0 saturated heterocycles. The van der Waals surface area contributed by atoms with Gasteiger partial charge in [0.25, 0.3) is 0 Å². The van der Waals surface area contributed by atoms with Crippen LogP contribution in [0, 0.1) is 5.92 Å². The Balaban J connectivity index is 2.64. The quantitative estimate of drug-likeness (QED) is 0.619. The van der Waals surface area contributed by atoms with E-state index in [2.05, 4.69) is 31.0 Å². The van der Waals surface area contributed by atoms with E-state index in [1.54, 1.807) is 0 Å². The minimum absolute atomic E-state index is 0.147. The van der Waals surface area contributed by atoms with Gasteiger partial charge in [0.05, 0.1) is 6.61 Å². The molecule has 0 amide bonds. The van der Waals surface area contributed by atoms with Crippen LogP contribution in [0.15, 0.2) is 24.3 Å². The van der Waals surface area contributed by atoms with Crippen LogP contribution in [-0.2, 0) is 22.5 Å². The first-order valence-corrected chi connectivity index (χ1v) is 7.94. The summed E-state index contributed by atoms with van der Waals surface area (Å²) in [5.74, 6) is 0.482. The topological polar surface area (TPSA) is 29.5 Å². The molecule has 0 heterocycles. The maximum atomic E-state index is 12.2. The predicted molar refractivity (Wildman–Crippen MR) is 87.4 cm³/mol. The van der Waals surface area contributed by atoms with E-state index in [1.807, 2.05) is 26.0 Å². The lowest BCUT2D eigenvalue weighted by molar-refractivity contribution is -0.121. The van der Waals surface area contributed by atoms with E-state index in [4.69, 9.17) is 4.74 Å². The lowest BCUT2D eigenvalue weighted by Gasteiger charge is -2.19. The normalized spacial score (nSPS) is 12.6. The monoisotopic (exact) mass is 291 g/mol. The Labute approximate surface area is 129 Å². The van der Waals surface area contributed by atoms with Gasteiger partial charge in [0.2, 0.25) is 0 Å². The fourth-order valence-corrected chi connectivity index (χ4v) is 2.21. The second-order valence-electron chi connectivity index (χ2n) is 5.66. The lowest BCUT2D eigenvalue weighted by Crippen LogP contribution is -2.24. The Bertz CT molecular complexity index is 431. The third-order valence-electron chi connectivity index (χ3n) is 3.91. The third-order valence-corrected chi connectivity index (χ3v) is 3.91. The summed E-state index contributed by atoms with van der Waals surface area (Å²) >= 11 is 0. The number of ketones is 1. The summed E-state index contributed by atoms with van der Waals surface area (Å²) in [6.45, 7) is 9.36. The van der Waals surface area contributed by atoms with Crippen molar-refractivity contribution in [2.45, 2.75) is 40.2 Å². The molecule has 0 fully saturated rings. The number of hydrogen-bond donors (Lipinski definition) is 0. The Morgan fingerprint density at radius 2 is 1.90 bits per heavy atom. The Morgan fingerprint density at radius 1 is 1.24 bits per heavy atom. The molecule has 1 atom stereocenters. The van der Waals surface area contributed by atoms with Crippen molar-refractivity contribution in [1.82, 2.24) is 4.90 Å². The first kappa shape index (κ1) is 17.9. The molecule has 1 rings (SSSR count). The van der Waals surface area contributed by atoms with E-state index in [0.29, 0.717) is 12.2 Å². The predicted octanol–water partition coefficient (Wildman–Crippen LogP) is 3.31. The van der Waals surface area contributed by atoms with Gasteiger partial charge >= 0.3 is 0 Å². The number of Topliss-reactive ketones (excluding diaryl/α,β-unsaturated/α-hetero) is 1. The molecule has 3 heteroatoms. The molecule has 1 aromatic carbocycles. The summed E-state index contributed by atoms with van der Waals surface area (Å²) in [6.07, 6.45) is 1.46. The maximum Gasteiger partial charge on any atom is 0.140 e. The van der Waals surface area contributed by atoms with Crippen LogP contribution in [0.2, 0.25) is 0 Å². The fourth-order valence-electron chi connectivity index (χ4n) is 2.21. The molecule has 0 spiro atoms. The molecule has 0 saturated carbocycles. The van der Waals surface area contributed by atoms with Crippen LogP contribution in [-0.4, -0.2) is 37.5 Å². The van der Waals surface area contributed by atoms with Crippen molar-refractivity contribution in [2.24, 2.45) is 5.92 Å². The average Bonchev–Trinajstić information content (AvgIpc) is 2.48. The molecule has 21 heavy (non-hydrogen) atoms. The van der Waals surface area contributed by atoms with E-state index < -0.39 is 0 Å². The highest BCUT2D eigenvalue weighted by Gasteiger charge is 2.14. The fraction of sp³-hybridized carbons (Fsp3) is 0.611. The number of hydrogen-bond acceptors (Lipinski definition) is 3. The second-order valence-corrected chi connectivity index (χ2v) is 5.66. The zero-order valence-corrected chi connectivity index (χ0v) is 13.9. The molecule has 0 N–H and O–H groups in total. The van der Waals surface area contributed by atoms with E-state index >= 15 is 0 Å². The summed E-state index contributed by atoms with van der Waals surface area (Å²) in [5.41, 5.74) is 2.40. The van der Waals surface area contributed by atoms with E-state index in [1.165, 1.54) is 5.56 Å². The molecule has 118 valence electrons. The highest BCUT2D eigenvalue weighted by atomic mass is 16.5. The van der Waals surface area contributed by atoms with Crippen LogP contribution < -0.4 is 0 Å². The zero-order chi connectivity index (χ0) is 15.7. The number of benzene rings is 1. The van der Waals surface area contributed by atoms with Crippen LogP contribution in [0.4, 0.5) is 0 Å². The summed E-state index contributed by atoms with van der Waals surface area (Å²) in [5, 5.41) is 0. The zero-order valence-electron chi connectivity index (χ0n) is 13.9. The highest BCUT2D eigenvalue weighted by molar-refractivity contribution is 5.83. The molecule has 1 unspecified atom stereocenters. The molecule has 0 aliphatic heterocycles. The molecule has 3 nitrogen and oxygen atoms in total. The molecular weight excluding hydrogens is 262 g/mol. The lowest BCUT2D eigenvalue weighted by atomic mass is 9.94. The molecule has 0 radical (unpaired) electrons. The summed E-state index contributed by atoms with van der Waals surface area (Å²) < 4.78 is 5.39. The smallest absolute Gasteiger partial charge is 0.140 e. The first-order valence-electron chi connectivity index (χ1n) is 7.94. The Morgan fingerprint density at radius 3 is 2.52 bits per heavy atom.